The monoisotopic (exact) mass is 495 g/mol. The highest BCUT2D eigenvalue weighted by atomic mass is 19.1. The van der Waals surface area contributed by atoms with Crippen LogP contribution in [0.15, 0.2) is 103 Å². The third kappa shape index (κ3) is 5.57. The average molecular weight is 496 g/mol. The maximum Gasteiger partial charge on any atom is 0.233 e. The van der Waals surface area contributed by atoms with Gasteiger partial charge in [0.15, 0.2) is 0 Å². The number of hydrogen-bond donors (Lipinski definition) is 1. The lowest BCUT2D eigenvalue weighted by molar-refractivity contribution is -0.131. The van der Waals surface area contributed by atoms with Crippen molar-refractivity contribution in [2.45, 2.75) is 38.5 Å². The van der Waals surface area contributed by atoms with Crippen molar-refractivity contribution in [3.8, 4) is 5.75 Å². The van der Waals surface area contributed by atoms with Gasteiger partial charge in [0.25, 0.3) is 0 Å². The Morgan fingerprint density at radius 2 is 1.57 bits per heavy atom. The summed E-state index contributed by atoms with van der Waals surface area (Å²) in [5.74, 6) is 0.113. The molecule has 4 nitrogen and oxygen atoms in total. The second-order valence-electron chi connectivity index (χ2n) is 9.58. The molecule has 0 aromatic heterocycles. The Hall–Kier alpha value is -3.96. The summed E-state index contributed by atoms with van der Waals surface area (Å²) in [7, 11) is 0. The number of carbonyl (C=O) groups excluding carboxylic acids is 1. The number of nitrogens with zero attached hydrogens (tertiary/aromatic N) is 1. The van der Waals surface area contributed by atoms with Crippen LogP contribution in [-0.2, 0) is 11.4 Å². The van der Waals surface area contributed by atoms with Gasteiger partial charge in [-0.05, 0) is 72.9 Å². The van der Waals surface area contributed by atoms with Crippen molar-refractivity contribution in [2.75, 3.05) is 4.90 Å². The second kappa shape index (κ2) is 11.0. The Morgan fingerprint density at radius 1 is 0.892 bits per heavy atom. The average Bonchev–Trinajstić information content (AvgIpc) is 2.93. The van der Waals surface area contributed by atoms with E-state index in [9.17, 15) is 14.3 Å². The molecule has 37 heavy (non-hydrogen) atoms. The predicted octanol–water partition coefficient (Wildman–Crippen LogP) is 6.93. The molecule has 0 spiro atoms. The maximum absolute atomic E-state index is 13.6. The van der Waals surface area contributed by atoms with Crippen molar-refractivity contribution >= 4 is 11.6 Å². The topological polar surface area (TPSA) is 49.8 Å². The number of benzene rings is 4. The smallest absolute Gasteiger partial charge is 0.233 e. The Labute approximate surface area is 217 Å². The third-order valence-electron chi connectivity index (χ3n) is 7.00. The van der Waals surface area contributed by atoms with E-state index in [0.717, 1.165) is 28.0 Å². The van der Waals surface area contributed by atoms with Crippen molar-refractivity contribution in [2.24, 2.45) is 5.92 Å². The molecular formula is C32H30FNO3. The minimum atomic E-state index is -0.636. The summed E-state index contributed by atoms with van der Waals surface area (Å²) in [6.45, 7) is 2.49. The Balaban J connectivity index is 1.32. The molecule has 1 heterocycles. The summed E-state index contributed by atoms with van der Waals surface area (Å²) in [5.41, 5.74) is 4.72. The van der Waals surface area contributed by atoms with Crippen LogP contribution < -0.4 is 9.64 Å². The molecule has 1 saturated heterocycles. The number of hydrogen-bond acceptors (Lipinski definition) is 3. The van der Waals surface area contributed by atoms with E-state index in [4.69, 9.17) is 4.74 Å². The Kier molecular flexibility index (Phi) is 7.33. The first-order chi connectivity index (χ1) is 18.0. The largest absolute Gasteiger partial charge is 0.489 e. The normalized spacial score (nSPS) is 17.8. The number of halogens is 1. The first-order valence-corrected chi connectivity index (χ1v) is 12.6. The summed E-state index contributed by atoms with van der Waals surface area (Å²) < 4.78 is 19.5. The van der Waals surface area contributed by atoms with Crippen molar-refractivity contribution in [1.82, 2.24) is 0 Å². The molecule has 1 N–H and O–H groups in total. The van der Waals surface area contributed by atoms with Gasteiger partial charge in [-0.2, -0.15) is 0 Å². The van der Waals surface area contributed by atoms with Crippen LogP contribution in [0.5, 0.6) is 5.75 Å². The van der Waals surface area contributed by atoms with Crippen molar-refractivity contribution in [3.63, 3.8) is 0 Å². The standard InChI is InChI=1S/C32H30FNO3/c1-22-7-9-24(10-8-22)30(35)20-19-29-31(34(32(29)36)27-15-13-26(33)14-16-27)25-11-17-28(18-12-25)37-21-23-5-3-2-4-6-23/h2-18,29-31,35H,19-21H2,1H3/t29-,30?,31-/m1/s1. The van der Waals surface area contributed by atoms with Crippen LogP contribution in [0.3, 0.4) is 0 Å². The molecule has 1 unspecified atom stereocenters. The van der Waals surface area contributed by atoms with Crippen LogP contribution in [0.25, 0.3) is 0 Å². The number of ether oxygens (including phenoxy) is 1. The molecule has 4 aromatic carbocycles. The molecule has 3 atom stereocenters. The fourth-order valence-electron chi connectivity index (χ4n) is 4.90. The van der Waals surface area contributed by atoms with Gasteiger partial charge in [-0.15, -0.1) is 0 Å². The minimum Gasteiger partial charge on any atom is -0.489 e. The van der Waals surface area contributed by atoms with Gasteiger partial charge < -0.3 is 14.7 Å². The molecule has 4 aromatic rings. The minimum absolute atomic E-state index is 0.0166. The molecule has 1 fully saturated rings. The molecule has 1 aliphatic heterocycles. The van der Waals surface area contributed by atoms with Gasteiger partial charge in [0.05, 0.1) is 18.1 Å². The molecule has 5 heteroatoms. The van der Waals surface area contributed by atoms with E-state index in [2.05, 4.69) is 0 Å². The molecule has 5 rings (SSSR count). The number of rotatable bonds is 9. The van der Waals surface area contributed by atoms with E-state index < -0.39 is 6.10 Å². The molecule has 1 amide bonds. The summed E-state index contributed by atoms with van der Waals surface area (Å²) in [4.78, 5) is 15.0. The Bertz CT molecular complexity index is 1320. The number of aliphatic hydroxyl groups is 1. The third-order valence-corrected chi connectivity index (χ3v) is 7.00. The highest BCUT2D eigenvalue weighted by Crippen LogP contribution is 2.46. The van der Waals surface area contributed by atoms with E-state index in [1.165, 1.54) is 12.1 Å². The molecular weight excluding hydrogens is 465 g/mol. The SMILES string of the molecule is Cc1ccc(C(O)CC[C@H]2C(=O)N(c3ccc(F)cc3)[C@@H]2c2ccc(OCc3ccccc3)cc2)cc1. The molecule has 0 bridgehead atoms. The van der Waals surface area contributed by atoms with Crippen LogP contribution in [0.4, 0.5) is 10.1 Å². The van der Waals surface area contributed by atoms with Crippen LogP contribution in [0.1, 0.15) is 47.2 Å². The second-order valence-corrected chi connectivity index (χ2v) is 9.58. The quantitative estimate of drug-likeness (QED) is 0.256. The lowest BCUT2D eigenvalue weighted by Gasteiger charge is -2.48. The zero-order valence-electron chi connectivity index (χ0n) is 20.8. The number of aliphatic hydroxyl groups excluding tert-OH is 1. The molecule has 1 aliphatic rings. The summed E-state index contributed by atoms with van der Waals surface area (Å²) in [6, 6.07) is 31.4. The van der Waals surface area contributed by atoms with E-state index in [1.807, 2.05) is 85.8 Å². The first-order valence-electron chi connectivity index (χ1n) is 12.6. The van der Waals surface area contributed by atoms with Crippen LogP contribution in [0.2, 0.25) is 0 Å². The van der Waals surface area contributed by atoms with Gasteiger partial charge in [0, 0.05) is 5.69 Å². The van der Waals surface area contributed by atoms with Gasteiger partial charge in [0.2, 0.25) is 5.91 Å². The van der Waals surface area contributed by atoms with Gasteiger partial charge in [-0.3, -0.25) is 4.79 Å². The molecule has 0 aliphatic carbocycles. The predicted molar refractivity (Wildman–Crippen MR) is 143 cm³/mol. The fourth-order valence-corrected chi connectivity index (χ4v) is 4.90. The van der Waals surface area contributed by atoms with Crippen molar-refractivity contribution in [1.29, 1.82) is 0 Å². The number of aryl methyl sites for hydroxylation is 1. The van der Waals surface area contributed by atoms with Crippen LogP contribution in [0, 0.1) is 18.7 Å². The van der Waals surface area contributed by atoms with E-state index in [1.54, 1.807) is 17.0 Å². The van der Waals surface area contributed by atoms with Crippen LogP contribution >= 0.6 is 0 Å². The van der Waals surface area contributed by atoms with E-state index in [0.29, 0.717) is 25.1 Å². The summed E-state index contributed by atoms with van der Waals surface area (Å²) in [5, 5.41) is 10.7. The highest BCUT2D eigenvalue weighted by molar-refractivity contribution is 6.03. The maximum atomic E-state index is 13.6. The highest BCUT2D eigenvalue weighted by Gasteiger charge is 2.48. The lowest BCUT2D eigenvalue weighted by Crippen LogP contribution is -2.55. The fraction of sp³-hybridized carbons (Fsp3) is 0.219. The van der Waals surface area contributed by atoms with Crippen molar-refractivity contribution in [3.05, 3.63) is 131 Å². The number of amides is 1. The van der Waals surface area contributed by atoms with Gasteiger partial charge >= 0.3 is 0 Å². The molecule has 0 saturated carbocycles. The lowest BCUT2D eigenvalue weighted by atomic mass is 9.78. The van der Waals surface area contributed by atoms with Gasteiger partial charge in [-0.25, -0.2) is 4.39 Å². The summed E-state index contributed by atoms with van der Waals surface area (Å²) in [6.07, 6.45) is 0.385. The zero-order valence-corrected chi connectivity index (χ0v) is 20.8. The van der Waals surface area contributed by atoms with Gasteiger partial charge in [0.1, 0.15) is 18.2 Å². The molecule has 188 valence electrons. The Morgan fingerprint density at radius 3 is 2.24 bits per heavy atom. The van der Waals surface area contributed by atoms with E-state index >= 15 is 0 Å². The van der Waals surface area contributed by atoms with E-state index in [-0.39, 0.29) is 23.7 Å². The first kappa shape index (κ1) is 24.7. The number of carbonyl (C=O) groups is 1. The number of anilines is 1. The van der Waals surface area contributed by atoms with Gasteiger partial charge in [-0.1, -0.05) is 72.3 Å². The van der Waals surface area contributed by atoms with Crippen molar-refractivity contribution < 1.29 is 19.0 Å². The molecule has 0 radical (unpaired) electrons. The number of β-lactam (4-membered cyclic amide) rings is 1. The van der Waals surface area contributed by atoms with Crippen LogP contribution in [-0.4, -0.2) is 11.0 Å². The zero-order chi connectivity index (χ0) is 25.8. The summed E-state index contributed by atoms with van der Waals surface area (Å²) >= 11 is 0.